The molecule has 0 fully saturated rings. The third-order valence-corrected chi connectivity index (χ3v) is 3.39. The summed E-state index contributed by atoms with van der Waals surface area (Å²) in [6.07, 6.45) is -4.73. The number of alkyl halides is 3. The van der Waals surface area contributed by atoms with Crippen molar-refractivity contribution in [3.63, 3.8) is 0 Å². The summed E-state index contributed by atoms with van der Waals surface area (Å²) >= 11 is 12.1. The fourth-order valence-electron chi connectivity index (χ4n) is 2.06. The predicted octanol–water partition coefficient (Wildman–Crippen LogP) is 5.23. The average molecular weight is 347 g/mol. The number of hydrogen-bond donors (Lipinski definition) is 0. The average Bonchev–Trinajstić information content (AvgIpc) is 2.73. The number of benzene rings is 2. The normalized spacial score (nSPS) is 11.9. The first-order valence-corrected chi connectivity index (χ1v) is 6.79. The van der Waals surface area contributed by atoms with Gasteiger partial charge in [0.25, 0.3) is 0 Å². The van der Waals surface area contributed by atoms with Crippen LogP contribution in [0, 0.1) is 0 Å². The molecule has 1 heterocycles. The molecule has 0 aliphatic carbocycles. The molecule has 3 nitrogen and oxygen atoms in total. The van der Waals surface area contributed by atoms with Gasteiger partial charge in [-0.3, -0.25) is 4.57 Å². The number of fused-ring (bicyclic) bond motifs is 1. The van der Waals surface area contributed by atoms with Crippen LogP contribution in [0.25, 0.3) is 16.7 Å². The fraction of sp³-hybridized carbons (Fsp3) is 0.0714. The van der Waals surface area contributed by atoms with Crippen LogP contribution in [0.1, 0.15) is 0 Å². The number of halogens is 5. The molecule has 0 N–H and O–H groups in total. The van der Waals surface area contributed by atoms with Crippen LogP contribution in [0.3, 0.4) is 0 Å². The van der Waals surface area contributed by atoms with Gasteiger partial charge in [0.15, 0.2) is 0 Å². The Morgan fingerprint density at radius 2 is 1.68 bits per heavy atom. The smallest absolute Gasteiger partial charge is 0.406 e. The topological polar surface area (TPSA) is 27.1 Å². The predicted molar refractivity (Wildman–Crippen MR) is 77.8 cm³/mol. The first kappa shape index (κ1) is 15.0. The van der Waals surface area contributed by atoms with Gasteiger partial charge in [-0.2, -0.15) is 0 Å². The van der Waals surface area contributed by atoms with Crippen molar-refractivity contribution in [2.24, 2.45) is 0 Å². The molecule has 0 atom stereocenters. The molecule has 8 heteroatoms. The van der Waals surface area contributed by atoms with Gasteiger partial charge in [-0.15, -0.1) is 13.2 Å². The zero-order chi connectivity index (χ0) is 15.9. The maximum Gasteiger partial charge on any atom is 0.573 e. The molecule has 0 unspecified atom stereocenters. The number of imidazole rings is 1. The zero-order valence-corrected chi connectivity index (χ0v) is 12.2. The lowest BCUT2D eigenvalue weighted by Gasteiger charge is -2.10. The standard InChI is InChI=1S/C14H7Cl2F3N2O/c15-8-1-6-11-12(7-8)21(13(16)20-11)9-2-4-10(5-3-9)22-14(17,18)19/h1-7H. The molecule has 3 aromatic rings. The summed E-state index contributed by atoms with van der Waals surface area (Å²) in [4.78, 5) is 4.17. The second-order valence-corrected chi connectivity index (χ2v) is 5.17. The van der Waals surface area contributed by atoms with E-state index < -0.39 is 6.36 Å². The zero-order valence-electron chi connectivity index (χ0n) is 10.7. The first-order valence-electron chi connectivity index (χ1n) is 6.03. The minimum absolute atomic E-state index is 0.182. The second-order valence-electron chi connectivity index (χ2n) is 4.39. The van der Waals surface area contributed by atoms with Gasteiger partial charge in [0.2, 0.25) is 5.28 Å². The van der Waals surface area contributed by atoms with E-state index in [0.29, 0.717) is 21.7 Å². The highest BCUT2D eigenvalue weighted by molar-refractivity contribution is 6.32. The molecule has 0 bridgehead atoms. The Bertz CT molecular complexity index is 828. The molecular formula is C14H7Cl2F3N2O. The highest BCUT2D eigenvalue weighted by Gasteiger charge is 2.31. The molecule has 0 spiro atoms. The molecule has 114 valence electrons. The van der Waals surface area contributed by atoms with Gasteiger partial charge in [-0.1, -0.05) is 11.6 Å². The van der Waals surface area contributed by atoms with E-state index in [4.69, 9.17) is 23.2 Å². The number of ether oxygens (including phenoxy) is 1. The van der Waals surface area contributed by atoms with E-state index in [1.54, 1.807) is 22.8 Å². The van der Waals surface area contributed by atoms with E-state index in [2.05, 4.69) is 9.72 Å². The lowest BCUT2D eigenvalue weighted by molar-refractivity contribution is -0.274. The largest absolute Gasteiger partial charge is 0.573 e. The quantitative estimate of drug-likeness (QED) is 0.635. The summed E-state index contributed by atoms with van der Waals surface area (Å²) in [5.41, 5.74) is 1.83. The molecule has 0 amide bonds. The lowest BCUT2D eigenvalue weighted by Crippen LogP contribution is -2.17. The Balaban J connectivity index is 2.04. The van der Waals surface area contributed by atoms with Crippen molar-refractivity contribution in [3.8, 4) is 11.4 Å². The Kier molecular flexibility index (Phi) is 3.66. The van der Waals surface area contributed by atoms with Gasteiger partial charge in [0.1, 0.15) is 5.75 Å². The summed E-state index contributed by atoms with van der Waals surface area (Å²) in [6, 6.07) is 10.4. The highest BCUT2D eigenvalue weighted by Crippen LogP contribution is 2.29. The van der Waals surface area contributed by atoms with E-state index in [1.165, 1.54) is 24.3 Å². The van der Waals surface area contributed by atoms with E-state index >= 15 is 0 Å². The first-order chi connectivity index (χ1) is 10.3. The molecule has 3 rings (SSSR count). The number of rotatable bonds is 2. The molecule has 0 aliphatic heterocycles. The van der Waals surface area contributed by atoms with E-state index in [1.807, 2.05) is 0 Å². The highest BCUT2D eigenvalue weighted by atomic mass is 35.5. The van der Waals surface area contributed by atoms with Crippen LogP contribution in [-0.2, 0) is 0 Å². The second kappa shape index (κ2) is 5.37. The van der Waals surface area contributed by atoms with Gasteiger partial charge >= 0.3 is 6.36 Å². The SMILES string of the molecule is FC(F)(F)Oc1ccc(-n2c(Cl)nc3ccc(Cl)cc32)cc1. The molecule has 0 saturated heterocycles. The van der Waals surface area contributed by atoms with Gasteiger partial charge < -0.3 is 4.74 Å². The van der Waals surface area contributed by atoms with Gasteiger partial charge in [0, 0.05) is 10.7 Å². The van der Waals surface area contributed by atoms with Crippen LogP contribution >= 0.6 is 23.2 Å². The van der Waals surface area contributed by atoms with Crippen molar-refractivity contribution < 1.29 is 17.9 Å². The molecule has 1 aromatic heterocycles. The number of hydrogen-bond acceptors (Lipinski definition) is 2. The number of nitrogens with zero attached hydrogens (tertiary/aromatic N) is 2. The Morgan fingerprint density at radius 1 is 1.00 bits per heavy atom. The lowest BCUT2D eigenvalue weighted by atomic mass is 10.2. The van der Waals surface area contributed by atoms with E-state index in [9.17, 15) is 13.2 Å². The molecule has 0 radical (unpaired) electrons. The van der Waals surface area contributed by atoms with Crippen LogP contribution < -0.4 is 4.74 Å². The molecule has 2 aromatic carbocycles. The Morgan fingerprint density at radius 3 is 2.32 bits per heavy atom. The third kappa shape index (κ3) is 2.98. The van der Waals surface area contributed by atoms with Crippen LogP contribution in [0.5, 0.6) is 5.75 Å². The van der Waals surface area contributed by atoms with Crippen LogP contribution in [0.4, 0.5) is 13.2 Å². The Hall–Kier alpha value is -1.92. The van der Waals surface area contributed by atoms with E-state index in [-0.39, 0.29) is 11.0 Å². The summed E-state index contributed by atoms with van der Waals surface area (Å²) in [5.74, 6) is -0.310. The maximum atomic E-state index is 12.2. The molecule has 0 aliphatic rings. The Labute approximate surface area is 132 Å². The summed E-state index contributed by atoms with van der Waals surface area (Å²) in [5, 5.41) is 0.684. The van der Waals surface area contributed by atoms with Crippen LogP contribution in [-0.4, -0.2) is 15.9 Å². The van der Waals surface area contributed by atoms with Crippen molar-refractivity contribution in [1.29, 1.82) is 0 Å². The fourth-order valence-corrected chi connectivity index (χ4v) is 2.51. The molecular weight excluding hydrogens is 340 g/mol. The summed E-state index contributed by atoms with van der Waals surface area (Å²) in [6.45, 7) is 0. The summed E-state index contributed by atoms with van der Waals surface area (Å²) < 4.78 is 41.9. The van der Waals surface area contributed by atoms with Crippen molar-refractivity contribution in [2.75, 3.05) is 0 Å². The van der Waals surface area contributed by atoms with Crippen LogP contribution in [0.2, 0.25) is 10.3 Å². The minimum atomic E-state index is -4.73. The van der Waals surface area contributed by atoms with Gasteiger partial charge in [-0.05, 0) is 54.1 Å². The van der Waals surface area contributed by atoms with Gasteiger partial charge in [-0.25, -0.2) is 4.98 Å². The molecule has 22 heavy (non-hydrogen) atoms. The monoisotopic (exact) mass is 346 g/mol. The summed E-state index contributed by atoms with van der Waals surface area (Å²) in [7, 11) is 0. The van der Waals surface area contributed by atoms with Crippen molar-refractivity contribution in [1.82, 2.24) is 9.55 Å². The molecule has 0 saturated carbocycles. The van der Waals surface area contributed by atoms with Crippen molar-refractivity contribution >= 4 is 34.2 Å². The number of aromatic nitrogens is 2. The van der Waals surface area contributed by atoms with Gasteiger partial charge in [0.05, 0.1) is 11.0 Å². The maximum absolute atomic E-state index is 12.2. The van der Waals surface area contributed by atoms with Crippen LogP contribution in [0.15, 0.2) is 42.5 Å². The minimum Gasteiger partial charge on any atom is -0.406 e. The van der Waals surface area contributed by atoms with E-state index in [0.717, 1.165) is 0 Å². The van der Waals surface area contributed by atoms with Crippen molar-refractivity contribution in [2.45, 2.75) is 6.36 Å². The third-order valence-electron chi connectivity index (χ3n) is 2.90. The van der Waals surface area contributed by atoms with Crippen molar-refractivity contribution in [3.05, 3.63) is 52.8 Å².